The number of rotatable bonds is 7. The molecule has 0 bridgehead atoms. The van der Waals surface area contributed by atoms with Crippen LogP contribution in [-0.2, 0) is 24.3 Å². The van der Waals surface area contributed by atoms with Crippen LogP contribution in [0, 0.1) is 0 Å². The Balaban J connectivity index is 1.64. The van der Waals surface area contributed by atoms with Gasteiger partial charge in [0, 0.05) is 31.2 Å². The molecule has 1 N–H and O–H groups in total. The fraction of sp³-hybridized carbons (Fsp3) is 0.318. The number of sulfonamides is 1. The third kappa shape index (κ3) is 5.92. The normalized spacial score (nSPS) is 14.9. The van der Waals surface area contributed by atoms with Gasteiger partial charge in [-0.25, -0.2) is 18.0 Å². The molecule has 34 heavy (non-hydrogen) atoms. The number of piperazine rings is 1. The second-order valence-corrected chi connectivity index (χ2v) is 9.80. The van der Waals surface area contributed by atoms with Crippen molar-refractivity contribution < 1.29 is 32.3 Å². The van der Waals surface area contributed by atoms with Gasteiger partial charge in [0.25, 0.3) is 0 Å². The monoisotopic (exact) mass is 509 g/mol. The van der Waals surface area contributed by atoms with E-state index in [-0.39, 0.29) is 41.3 Å². The Kier molecular flexibility index (Phi) is 8.26. The fourth-order valence-electron chi connectivity index (χ4n) is 3.46. The molecule has 3 rings (SSSR count). The summed E-state index contributed by atoms with van der Waals surface area (Å²) in [5.41, 5.74) is 0.359. The summed E-state index contributed by atoms with van der Waals surface area (Å²) < 4.78 is 36.4. The molecule has 10 nitrogen and oxygen atoms in total. The van der Waals surface area contributed by atoms with Gasteiger partial charge < -0.3 is 14.8 Å². The maximum absolute atomic E-state index is 12.8. The third-order valence-corrected chi connectivity index (χ3v) is 7.43. The maximum atomic E-state index is 12.8. The number of halogens is 1. The van der Waals surface area contributed by atoms with Gasteiger partial charge in [0.05, 0.1) is 42.5 Å². The molecular formula is C22H24ClN3O7S. The summed E-state index contributed by atoms with van der Waals surface area (Å²) in [6, 6.07) is 10.1. The van der Waals surface area contributed by atoms with Crippen molar-refractivity contribution in [1.82, 2.24) is 9.21 Å². The van der Waals surface area contributed by atoms with E-state index in [2.05, 4.69) is 10.1 Å². The van der Waals surface area contributed by atoms with Crippen LogP contribution in [0.4, 0.5) is 5.69 Å². The van der Waals surface area contributed by atoms with E-state index in [1.807, 2.05) is 0 Å². The molecule has 1 amide bonds. The molecule has 0 radical (unpaired) electrons. The van der Waals surface area contributed by atoms with Crippen molar-refractivity contribution in [2.75, 3.05) is 52.3 Å². The van der Waals surface area contributed by atoms with Gasteiger partial charge in [-0.1, -0.05) is 11.6 Å². The van der Waals surface area contributed by atoms with Crippen molar-refractivity contribution in [2.24, 2.45) is 0 Å². The number of carbonyl (C=O) groups excluding carboxylic acids is 3. The van der Waals surface area contributed by atoms with Gasteiger partial charge in [0.2, 0.25) is 15.9 Å². The Hall–Kier alpha value is -2.99. The maximum Gasteiger partial charge on any atom is 0.339 e. The lowest BCUT2D eigenvalue weighted by molar-refractivity contribution is -0.117. The molecule has 0 saturated carbocycles. The molecule has 1 aliphatic rings. The van der Waals surface area contributed by atoms with Crippen molar-refractivity contribution in [3.05, 3.63) is 58.6 Å². The summed E-state index contributed by atoms with van der Waals surface area (Å²) in [6.45, 7) is 1.07. The number of esters is 2. The topological polar surface area (TPSA) is 122 Å². The van der Waals surface area contributed by atoms with Crippen LogP contribution < -0.4 is 5.32 Å². The summed E-state index contributed by atoms with van der Waals surface area (Å²) in [4.78, 5) is 38.5. The van der Waals surface area contributed by atoms with Crippen molar-refractivity contribution in [3.63, 3.8) is 0 Å². The first kappa shape index (κ1) is 25.6. The van der Waals surface area contributed by atoms with Crippen molar-refractivity contribution in [2.45, 2.75) is 4.90 Å². The highest BCUT2D eigenvalue weighted by molar-refractivity contribution is 7.89. The molecule has 2 aromatic carbocycles. The van der Waals surface area contributed by atoms with Crippen LogP contribution in [0.5, 0.6) is 0 Å². The highest BCUT2D eigenvalue weighted by atomic mass is 35.5. The Morgan fingerprint density at radius 2 is 1.56 bits per heavy atom. The number of hydrogen-bond acceptors (Lipinski definition) is 8. The lowest BCUT2D eigenvalue weighted by Crippen LogP contribution is -2.50. The number of benzene rings is 2. The summed E-state index contributed by atoms with van der Waals surface area (Å²) in [5, 5.41) is 3.08. The van der Waals surface area contributed by atoms with E-state index >= 15 is 0 Å². The molecule has 2 aromatic rings. The molecule has 0 spiro atoms. The smallest absolute Gasteiger partial charge is 0.339 e. The second-order valence-electron chi connectivity index (χ2n) is 7.43. The van der Waals surface area contributed by atoms with E-state index in [1.54, 1.807) is 4.90 Å². The van der Waals surface area contributed by atoms with E-state index in [1.165, 1.54) is 61.0 Å². The molecular weight excluding hydrogens is 486 g/mol. The molecule has 182 valence electrons. The van der Waals surface area contributed by atoms with Crippen molar-refractivity contribution in [3.8, 4) is 0 Å². The number of carbonyl (C=O) groups is 3. The zero-order valence-corrected chi connectivity index (χ0v) is 20.2. The van der Waals surface area contributed by atoms with E-state index < -0.39 is 27.9 Å². The number of hydrogen-bond donors (Lipinski definition) is 1. The van der Waals surface area contributed by atoms with Gasteiger partial charge in [-0.2, -0.15) is 4.31 Å². The van der Waals surface area contributed by atoms with Gasteiger partial charge in [-0.05, 0) is 42.5 Å². The van der Waals surface area contributed by atoms with Gasteiger partial charge in [0.15, 0.2) is 0 Å². The van der Waals surface area contributed by atoms with Gasteiger partial charge >= 0.3 is 11.9 Å². The zero-order chi connectivity index (χ0) is 24.9. The van der Waals surface area contributed by atoms with Crippen molar-refractivity contribution >= 4 is 45.2 Å². The van der Waals surface area contributed by atoms with E-state index in [4.69, 9.17) is 16.3 Å². The Morgan fingerprint density at radius 3 is 2.15 bits per heavy atom. The van der Waals surface area contributed by atoms with Gasteiger partial charge in [-0.3, -0.25) is 9.69 Å². The number of methoxy groups -OCH3 is 2. The first-order valence-electron chi connectivity index (χ1n) is 10.2. The predicted octanol–water partition coefficient (Wildman–Crippen LogP) is 1.86. The largest absolute Gasteiger partial charge is 0.465 e. The van der Waals surface area contributed by atoms with Crippen LogP contribution in [0.3, 0.4) is 0 Å². The lowest BCUT2D eigenvalue weighted by Gasteiger charge is -2.33. The van der Waals surface area contributed by atoms with E-state index in [0.29, 0.717) is 18.1 Å². The molecule has 0 aromatic heterocycles. The molecule has 1 aliphatic heterocycles. The van der Waals surface area contributed by atoms with E-state index in [9.17, 15) is 22.8 Å². The average molecular weight is 510 g/mol. The van der Waals surface area contributed by atoms with Crippen molar-refractivity contribution in [1.29, 1.82) is 0 Å². The first-order chi connectivity index (χ1) is 16.1. The quantitative estimate of drug-likeness (QED) is 0.561. The standard InChI is InChI=1S/C22H24ClN3O7S/c1-32-21(28)15-3-8-18(22(29)33-2)19(13-15)24-20(27)14-25-9-11-26(12-10-25)34(30,31)17-6-4-16(23)5-7-17/h3-8,13H,9-12,14H2,1-2H3,(H,24,27). The summed E-state index contributed by atoms with van der Waals surface area (Å²) >= 11 is 5.84. The average Bonchev–Trinajstić information content (AvgIpc) is 2.83. The summed E-state index contributed by atoms with van der Waals surface area (Å²) in [7, 11) is -1.23. The summed E-state index contributed by atoms with van der Waals surface area (Å²) in [6.07, 6.45) is 0. The summed E-state index contributed by atoms with van der Waals surface area (Å²) in [5.74, 6) is -1.72. The Labute approximate surface area is 202 Å². The molecule has 12 heteroatoms. The van der Waals surface area contributed by atoms with Crippen LogP contribution in [0.1, 0.15) is 20.7 Å². The lowest BCUT2D eigenvalue weighted by atomic mass is 10.1. The number of nitrogens with one attached hydrogen (secondary N) is 1. The number of amides is 1. The molecule has 0 unspecified atom stereocenters. The fourth-order valence-corrected chi connectivity index (χ4v) is 5.01. The number of ether oxygens (including phenoxy) is 2. The number of anilines is 1. The van der Waals surface area contributed by atoms with Crippen LogP contribution >= 0.6 is 11.6 Å². The highest BCUT2D eigenvalue weighted by Gasteiger charge is 2.29. The minimum Gasteiger partial charge on any atom is -0.465 e. The van der Waals surface area contributed by atoms with Gasteiger partial charge in [-0.15, -0.1) is 0 Å². The molecule has 1 fully saturated rings. The Morgan fingerprint density at radius 1 is 0.941 bits per heavy atom. The minimum atomic E-state index is -3.66. The molecule has 1 heterocycles. The predicted molar refractivity (Wildman–Crippen MR) is 124 cm³/mol. The minimum absolute atomic E-state index is 0.0299. The molecule has 1 saturated heterocycles. The second kappa shape index (κ2) is 11.0. The van der Waals surface area contributed by atoms with Crippen LogP contribution in [0.15, 0.2) is 47.4 Å². The van der Waals surface area contributed by atoms with E-state index in [0.717, 1.165) is 0 Å². The molecule has 0 aliphatic carbocycles. The van der Waals surface area contributed by atoms with Crippen LogP contribution in [0.2, 0.25) is 5.02 Å². The van der Waals surface area contributed by atoms with Crippen LogP contribution in [-0.4, -0.2) is 82.4 Å². The Bertz CT molecular complexity index is 1180. The highest BCUT2D eigenvalue weighted by Crippen LogP contribution is 2.21. The third-order valence-electron chi connectivity index (χ3n) is 5.27. The van der Waals surface area contributed by atoms with Gasteiger partial charge in [0.1, 0.15) is 0 Å². The number of nitrogens with zero attached hydrogens (tertiary/aromatic N) is 2. The van der Waals surface area contributed by atoms with Crippen LogP contribution in [0.25, 0.3) is 0 Å². The first-order valence-corrected chi connectivity index (χ1v) is 12.1. The zero-order valence-electron chi connectivity index (χ0n) is 18.6. The molecule has 0 atom stereocenters. The SMILES string of the molecule is COC(=O)c1ccc(C(=O)OC)c(NC(=O)CN2CCN(S(=O)(=O)c3ccc(Cl)cc3)CC2)c1.